The molecule has 0 spiro atoms. The van der Waals surface area contributed by atoms with Gasteiger partial charge in [0.1, 0.15) is 0 Å². The highest BCUT2D eigenvalue weighted by Gasteiger charge is 2.38. The van der Waals surface area contributed by atoms with Gasteiger partial charge in [0.15, 0.2) is 5.78 Å². The van der Waals surface area contributed by atoms with Gasteiger partial charge in [-0.3, -0.25) is 9.59 Å². The lowest BCUT2D eigenvalue weighted by Crippen LogP contribution is -2.42. The lowest BCUT2D eigenvalue weighted by molar-refractivity contribution is 0.0680. The van der Waals surface area contributed by atoms with Crippen molar-refractivity contribution >= 4 is 24.1 Å². The first kappa shape index (κ1) is 16.0. The number of Topliss-reactive ketones (excluding diaryl/α,β-unsaturated/α-hetero) is 1. The van der Waals surface area contributed by atoms with E-state index >= 15 is 0 Å². The summed E-state index contributed by atoms with van der Waals surface area (Å²) in [6.45, 7) is 3.43. The Bertz CT molecular complexity index is 516. The molecule has 1 amide bonds. The van der Waals surface area contributed by atoms with Gasteiger partial charge in [-0.05, 0) is 44.9 Å². The summed E-state index contributed by atoms with van der Waals surface area (Å²) in [4.78, 5) is 26.1. The van der Waals surface area contributed by atoms with Crippen LogP contribution in [0.25, 0.3) is 0 Å². The summed E-state index contributed by atoms with van der Waals surface area (Å²) in [6, 6.07) is 7.73. The molecule has 1 aromatic carbocycles. The van der Waals surface area contributed by atoms with Gasteiger partial charge >= 0.3 is 0 Å². The summed E-state index contributed by atoms with van der Waals surface area (Å²) in [7, 11) is 0. The maximum Gasteiger partial charge on any atom is 0.254 e. The van der Waals surface area contributed by atoms with Gasteiger partial charge in [0.2, 0.25) is 0 Å². The van der Waals surface area contributed by atoms with Crippen LogP contribution in [0.15, 0.2) is 24.3 Å². The van der Waals surface area contributed by atoms with Gasteiger partial charge in [0.05, 0.1) is 0 Å². The van der Waals surface area contributed by atoms with Crippen LogP contribution in [0, 0.1) is 0 Å². The quantitative estimate of drug-likeness (QED) is 0.853. The number of hydrogen-bond acceptors (Lipinski definition) is 3. The van der Waals surface area contributed by atoms with Crippen molar-refractivity contribution in [1.82, 2.24) is 10.2 Å². The van der Waals surface area contributed by atoms with Crippen molar-refractivity contribution in [3.63, 3.8) is 0 Å². The highest BCUT2D eigenvalue weighted by Crippen LogP contribution is 2.29. The van der Waals surface area contributed by atoms with Crippen LogP contribution in [0.2, 0.25) is 0 Å². The van der Waals surface area contributed by atoms with Gasteiger partial charge in [0.25, 0.3) is 5.91 Å². The Morgan fingerprint density at radius 3 is 2.33 bits per heavy atom. The van der Waals surface area contributed by atoms with Crippen molar-refractivity contribution in [3.05, 3.63) is 35.4 Å². The Kier molecular flexibility index (Phi) is 5.01. The molecule has 3 rings (SSSR count). The number of benzene rings is 1. The fraction of sp³-hybridized carbons (Fsp3) is 0.500. The number of carbonyl (C=O) groups excluding carboxylic acids is 2. The molecule has 2 saturated heterocycles. The van der Waals surface area contributed by atoms with Gasteiger partial charge in [-0.15, -0.1) is 12.4 Å². The second-order valence-corrected chi connectivity index (χ2v) is 5.72. The molecule has 21 heavy (non-hydrogen) atoms. The summed E-state index contributed by atoms with van der Waals surface area (Å²) in [5.74, 6) is 0.138. The fourth-order valence-electron chi connectivity index (χ4n) is 3.31. The third-order valence-corrected chi connectivity index (χ3v) is 4.43. The first-order chi connectivity index (χ1) is 9.66. The van der Waals surface area contributed by atoms with Crippen LogP contribution in [0.4, 0.5) is 0 Å². The molecule has 0 saturated carbocycles. The average molecular weight is 309 g/mol. The van der Waals surface area contributed by atoms with Gasteiger partial charge in [-0.2, -0.15) is 0 Å². The molecule has 2 bridgehead atoms. The lowest BCUT2D eigenvalue weighted by Gasteiger charge is -2.28. The third-order valence-electron chi connectivity index (χ3n) is 4.43. The lowest BCUT2D eigenvalue weighted by atomic mass is 10.1. The van der Waals surface area contributed by atoms with Crippen LogP contribution in [0.1, 0.15) is 46.9 Å². The van der Waals surface area contributed by atoms with Gasteiger partial charge in [0, 0.05) is 29.8 Å². The summed E-state index contributed by atoms with van der Waals surface area (Å²) >= 11 is 0. The van der Waals surface area contributed by atoms with E-state index < -0.39 is 0 Å². The molecule has 2 unspecified atom stereocenters. The first-order valence-corrected chi connectivity index (χ1v) is 7.31. The number of nitrogens with one attached hydrogen (secondary N) is 1. The number of amides is 1. The van der Waals surface area contributed by atoms with Crippen molar-refractivity contribution in [1.29, 1.82) is 0 Å². The van der Waals surface area contributed by atoms with E-state index in [4.69, 9.17) is 0 Å². The van der Waals surface area contributed by atoms with Crippen LogP contribution in [0.5, 0.6) is 0 Å². The van der Waals surface area contributed by atoms with E-state index in [0.29, 0.717) is 23.2 Å². The molecule has 2 heterocycles. The van der Waals surface area contributed by atoms with E-state index in [1.54, 1.807) is 24.3 Å². The van der Waals surface area contributed by atoms with Gasteiger partial charge in [-0.25, -0.2) is 0 Å². The van der Waals surface area contributed by atoms with Crippen molar-refractivity contribution < 1.29 is 9.59 Å². The van der Waals surface area contributed by atoms with Crippen molar-refractivity contribution in [2.45, 2.75) is 38.3 Å². The Balaban J connectivity index is 0.00000161. The topological polar surface area (TPSA) is 49.4 Å². The SMILES string of the molecule is CC(=O)c1ccc(C(=O)N2C3CCNCC2CC3)cc1.Cl. The maximum atomic E-state index is 12.7. The molecule has 5 heteroatoms. The molecule has 0 radical (unpaired) electrons. The van der Waals surface area contributed by atoms with E-state index in [2.05, 4.69) is 10.2 Å². The molecule has 4 nitrogen and oxygen atoms in total. The molecule has 2 aliphatic rings. The predicted molar refractivity (Wildman–Crippen MR) is 84.2 cm³/mol. The number of ketones is 1. The zero-order valence-corrected chi connectivity index (χ0v) is 13.0. The molecule has 1 aromatic rings. The van der Waals surface area contributed by atoms with Crippen molar-refractivity contribution in [3.8, 4) is 0 Å². The van der Waals surface area contributed by atoms with Crippen LogP contribution >= 0.6 is 12.4 Å². The minimum atomic E-state index is 0. The summed E-state index contributed by atoms with van der Waals surface area (Å²) in [6.07, 6.45) is 3.24. The molecule has 0 aliphatic carbocycles. The largest absolute Gasteiger partial charge is 0.331 e. The number of rotatable bonds is 2. The summed E-state index contributed by atoms with van der Waals surface area (Å²) in [5, 5.41) is 3.40. The maximum absolute atomic E-state index is 12.7. The van der Waals surface area contributed by atoms with E-state index in [0.717, 1.165) is 32.4 Å². The number of nitrogens with zero attached hydrogens (tertiary/aromatic N) is 1. The zero-order valence-electron chi connectivity index (χ0n) is 12.2. The second-order valence-electron chi connectivity index (χ2n) is 5.72. The smallest absolute Gasteiger partial charge is 0.254 e. The number of carbonyl (C=O) groups is 2. The van der Waals surface area contributed by atoms with Gasteiger partial charge in [-0.1, -0.05) is 12.1 Å². The van der Waals surface area contributed by atoms with E-state index in [-0.39, 0.29) is 24.1 Å². The Hall–Kier alpha value is -1.39. The molecule has 2 aliphatic heterocycles. The highest BCUT2D eigenvalue weighted by molar-refractivity contribution is 5.98. The predicted octanol–water partition coefficient (Wildman–Crippen LogP) is 2.28. The first-order valence-electron chi connectivity index (χ1n) is 7.31. The Labute approximate surface area is 131 Å². The van der Waals surface area contributed by atoms with E-state index in [1.165, 1.54) is 6.92 Å². The third kappa shape index (κ3) is 3.11. The van der Waals surface area contributed by atoms with Crippen molar-refractivity contribution in [2.24, 2.45) is 0 Å². The molecule has 0 aromatic heterocycles. The van der Waals surface area contributed by atoms with E-state index in [9.17, 15) is 9.59 Å². The number of hydrogen-bond donors (Lipinski definition) is 1. The second kappa shape index (κ2) is 6.58. The summed E-state index contributed by atoms with van der Waals surface area (Å²) < 4.78 is 0. The Morgan fingerprint density at radius 2 is 1.67 bits per heavy atom. The molecular formula is C16H21ClN2O2. The standard InChI is InChI=1S/C16H20N2O2.ClH/c1-11(19)12-2-4-13(5-3-12)16(20)18-14-6-7-15(18)10-17-9-8-14;/h2-5,14-15,17H,6-10H2,1H3;1H. The van der Waals surface area contributed by atoms with Crippen molar-refractivity contribution in [2.75, 3.05) is 13.1 Å². The van der Waals surface area contributed by atoms with Crippen LogP contribution in [-0.2, 0) is 0 Å². The van der Waals surface area contributed by atoms with Crippen LogP contribution in [0.3, 0.4) is 0 Å². The minimum absolute atomic E-state index is 0. The Morgan fingerprint density at radius 1 is 1.05 bits per heavy atom. The molecule has 114 valence electrons. The van der Waals surface area contributed by atoms with Gasteiger partial charge < -0.3 is 10.2 Å². The monoisotopic (exact) mass is 308 g/mol. The van der Waals surface area contributed by atoms with Crippen LogP contribution < -0.4 is 5.32 Å². The average Bonchev–Trinajstić information content (AvgIpc) is 2.71. The summed E-state index contributed by atoms with van der Waals surface area (Å²) in [5.41, 5.74) is 1.34. The molecule has 2 fully saturated rings. The molecule has 1 N–H and O–H groups in total. The zero-order chi connectivity index (χ0) is 14.1. The normalized spacial score (nSPS) is 24.1. The van der Waals surface area contributed by atoms with E-state index in [1.807, 2.05) is 0 Å². The number of fused-ring (bicyclic) bond motifs is 2. The fourth-order valence-corrected chi connectivity index (χ4v) is 3.31. The minimum Gasteiger partial charge on any atom is -0.331 e. The van der Waals surface area contributed by atoms with Crippen LogP contribution in [-0.4, -0.2) is 41.8 Å². The number of halogens is 1. The molecular weight excluding hydrogens is 288 g/mol. The molecule has 2 atom stereocenters. The highest BCUT2D eigenvalue weighted by atomic mass is 35.5.